The number of halogens is 3. The molecule has 0 aliphatic heterocycles. The number of para-hydroxylation sites is 1. The molecule has 0 aliphatic rings. The molecule has 0 saturated carbocycles. The highest BCUT2D eigenvalue weighted by Gasteiger charge is 2.09. The molecule has 0 aliphatic carbocycles. The third-order valence-electron chi connectivity index (χ3n) is 3.36. The first-order valence-electron chi connectivity index (χ1n) is 7.95. The van der Waals surface area contributed by atoms with Gasteiger partial charge in [-0.25, -0.2) is 18.7 Å². The lowest BCUT2D eigenvalue weighted by Gasteiger charge is -2.10. The Hall–Kier alpha value is -2.38. The zero-order valence-electron chi connectivity index (χ0n) is 14.9. The smallest absolute Gasteiger partial charge is 0.191 e. The summed E-state index contributed by atoms with van der Waals surface area (Å²) in [5.74, 6) is -1.31. The molecule has 27 heavy (non-hydrogen) atoms. The van der Waals surface area contributed by atoms with E-state index >= 15 is 0 Å². The van der Waals surface area contributed by atoms with E-state index in [9.17, 15) is 8.78 Å². The Labute approximate surface area is 166 Å². The monoisotopic (exact) mass is 408 g/mol. The van der Waals surface area contributed by atoms with Crippen LogP contribution in [0.4, 0.5) is 20.3 Å². The van der Waals surface area contributed by atoms with E-state index in [2.05, 4.69) is 27.0 Å². The van der Waals surface area contributed by atoms with Crippen LogP contribution in [0.15, 0.2) is 59.8 Å². The molecule has 0 radical (unpaired) electrons. The summed E-state index contributed by atoms with van der Waals surface area (Å²) >= 11 is 6.84. The molecule has 2 aromatic carbocycles. The van der Waals surface area contributed by atoms with Gasteiger partial charge in [0.2, 0.25) is 0 Å². The first kappa shape index (κ1) is 20.9. The van der Waals surface area contributed by atoms with E-state index in [0.29, 0.717) is 5.16 Å². The number of nitrogens with zero attached hydrogens (tertiary/aromatic N) is 3. The Morgan fingerprint density at radius 3 is 2.33 bits per heavy atom. The summed E-state index contributed by atoms with van der Waals surface area (Å²) in [6.45, 7) is 0. The predicted molar refractivity (Wildman–Crippen MR) is 108 cm³/mol. The van der Waals surface area contributed by atoms with Crippen molar-refractivity contribution in [1.82, 2.24) is 9.97 Å². The normalized spacial score (nSPS) is 10.1. The standard InChI is InChI=1S/C11H8ClF2N3S.C8H11N/c12-8-4-9(15)17-11(16-8)18-5-6-2-1-3-7(13)10(6)14;1-9(2)8-6-4-3-5-7-8/h1-4H,5H2,(H2,15,16,17);3-7H,1-2H3. The zero-order chi connectivity index (χ0) is 19.8. The van der Waals surface area contributed by atoms with E-state index in [0.717, 1.165) is 17.8 Å². The van der Waals surface area contributed by atoms with Gasteiger partial charge in [-0.15, -0.1) is 0 Å². The van der Waals surface area contributed by atoms with Crippen molar-refractivity contribution in [3.05, 3.63) is 76.9 Å². The van der Waals surface area contributed by atoms with Gasteiger partial charge >= 0.3 is 0 Å². The van der Waals surface area contributed by atoms with Gasteiger partial charge in [0.25, 0.3) is 0 Å². The number of hydrogen-bond acceptors (Lipinski definition) is 5. The maximum Gasteiger partial charge on any atom is 0.191 e. The van der Waals surface area contributed by atoms with Crippen LogP contribution in [-0.2, 0) is 5.75 Å². The lowest BCUT2D eigenvalue weighted by atomic mass is 10.2. The molecule has 0 amide bonds. The molecule has 4 nitrogen and oxygen atoms in total. The van der Waals surface area contributed by atoms with Gasteiger partial charge in [0.15, 0.2) is 16.8 Å². The number of hydrogen-bond donors (Lipinski definition) is 1. The maximum atomic E-state index is 13.4. The molecule has 3 aromatic rings. The summed E-state index contributed by atoms with van der Waals surface area (Å²) in [6.07, 6.45) is 0. The minimum absolute atomic E-state index is 0.198. The fraction of sp³-hybridized carbons (Fsp3) is 0.158. The van der Waals surface area contributed by atoms with Gasteiger partial charge in [0.05, 0.1) is 0 Å². The van der Waals surface area contributed by atoms with Gasteiger partial charge in [-0.3, -0.25) is 0 Å². The van der Waals surface area contributed by atoms with Crippen LogP contribution in [0.2, 0.25) is 5.15 Å². The summed E-state index contributed by atoms with van der Waals surface area (Å²) in [5.41, 5.74) is 6.99. The van der Waals surface area contributed by atoms with Crippen LogP contribution in [0.5, 0.6) is 0 Å². The molecule has 0 atom stereocenters. The van der Waals surface area contributed by atoms with Crippen molar-refractivity contribution < 1.29 is 8.78 Å². The lowest BCUT2D eigenvalue weighted by molar-refractivity contribution is 0.502. The van der Waals surface area contributed by atoms with E-state index in [1.54, 1.807) is 0 Å². The Morgan fingerprint density at radius 1 is 1.04 bits per heavy atom. The lowest BCUT2D eigenvalue weighted by Crippen LogP contribution is -2.07. The van der Waals surface area contributed by atoms with E-state index in [1.165, 1.54) is 23.9 Å². The van der Waals surface area contributed by atoms with Gasteiger partial charge in [-0.1, -0.05) is 53.7 Å². The van der Waals surface area contributed by atoms with E-state index in [4.69, 9.17) is 17.3 Å². The number of aromatic nitrogens is 2. The van der Waals surface area contributed by atoms with Crippen LogP contribution in [0.3, 0.4) is 0 Å². The molecule has 0 spiro atoms. The Bertz CT molecular complexity index is 859. The molecule has 0 unspecified atom stereocenters. The van der Waals surface area contributed by atoms with Crippen LogP contribution in [0.1, 0.15) is 5.56 Å². The molecule has 0 bridgehead atoms. The summed E-state index contributed by atoms with van der Waals surface area (Å²) in [6, 6.07) is 15.7. The second-order valence-corrected chi connectivity index (χ2v) is 6.96. The quantitative estimate of drug-likeness (QED) is 0.372. The number of anilines is 2. The minimum Gasteiger partial charge on any atom is -0.384 e. The van der Waals surface area contributed by atoms with Crippen LogP contribution in [0.25, 0.3) is 0 Å². The molecule has 1 heterocycles. The molecule has 8 heteroatoms. The number of rotatable bonds is 4. The third kappa shape index (κ3) is 6.69. The molecule has 0 saturated heterocycles. The van der Waals surface area contributed by atoms with Crippen molar-refractivity contribution in [3.63, 3.8) is 0 Å². The van der Waals surface area contributed by atoms with E-state index < -0.39 is 11.6 Å². The number of nitrogen functional groups attached to an aromatic ring is 1. The van der Waals surface area contributed by atoms with Gasteiger partial charge in [0.1, 0.15) is 11.0 Å². The SMILES string of the molecule is CN(C)c1ccccc1.Nc1cc(Cl)nc(SCc2cccc(F)c2F)n1. The highest BCUT2D eigenvalue weighted by atomic mass is 35.5. The first-order chi connectivity index (χ1) is 12.9. The molecule has 1 aromatic heterocycles. The van der Waals surface area contributed by atoms with Crippen molar-refractivity contribution in [1.29, 1.82) is 0 Å². The Morgan fingerprint density at radius 2 is 1.74 bits per heavy atom. The molecular formula is C19H19ClF2N4S. The molecule has 3 rings (SSSR count). The average molecular weight is 409 g/mol. The topological polar surface area (TPSA) is 55.0 Å². The van der Waals surface area contributed by atoms with Crippen LogP contribution in [-0.4, -0.2) is 24.1 Å². The third-order valence-corrected chi connectivity index (χ3v) is 4.44. The molecular weight excluding hydrogens is 390 g/mol. The zero-order valence-corrected chi connectivity index (χ0v) is 16.4. The van der Waals surface area contributed by atoms with Crippen molar-refractivity contribution >= 4 is 34.9 Å². The minimum atomic E-state index is -0.875. The van der Waals surface area contributed by atoms with Crippen molar-refractivity contribution in [2.75, 3.05) is 24.7 Å². The van der Waals surface area contributed by atoms with Gasteiger partial charge in [-0.2, -0.15) is 0 Å². The second-order valence-electron chi connectivity index (χ2n) is 5.63. The predicted octanol–water partition coefficient (Wildman–Crippen LogP) is 5.04. The average Bonchev–Trinajstić information content (AvgIpc) is 2.63. The molecule has 0 fully saturated rings. The summed E-state index contributed by atoms with van der Waals surface area (Å²) < 4.78 is 26.4. The summed E-state index contributed by atoms with van der Waals surface area (Å²) in [4.78, 5) is 9.94. The first-order valence-corrected chi connectivity index (χ1v) is 9.31. The molecule has 142 valence electrons. The van der Waals surface area contributed by atoms with Crippen LogP contribution >= 0.6 is 23.4 Å². The summed E-state index contributed by atoms with van der Waals surface area (Å²) in [7, 11) is 4.07. The van der Waals surface area contributed by atoms with Gasteiger partial charge < -0.3 is 10.6 Å². The fourth-order valence-electron chi connectivity index (χ4n) is 2.01. The second kappa shape index (κ2) is 10.1. The van der Waals surface area contributed by atoms with Crippen molar-refractivity contribution in [3.8, 4) is 0 Å². The van der Waals surface area contributed by atoms with Gasteiger partial charge in [0, 0.05) is 37.2 Å². The van der Waals surface area contributed by atoms with Gasteiger partial charge in [-0.05, 0) is 18.2 Å². The maximum absolute atomic E-state index is 13.4. The fourth-order valence-corrected chi connectivity index (χ4v) is 3.09. The number of thioether (sulfide) groups is 1. The number of nitrogens with two attached hydrogens (primary N) is 1. The Balaban J connectivity index is 0.000000244. The van der Waals surface area contributed by atoms with Crippen LogP contribution in [0, 0.1) is 11.6 Å². The summed E-state index contributed by atoms with van der Waals surface area (Å²) in [5, 5.41) is 0.536. The number of benzene rings is 2. The molecule has 2 N–H and O–H groups in total. The van der Waals surface area contributed by atoms with Crippen molar-refractivity contribution in [2.24, 2.45) is 0 Å². The largest absolute Gasteiger partial charge is 0.384 e. The van der Waals surface area contributed by atoms with E-state index in [1.807, 2.05) is 32.3 Å². The highest BCUT2D eigenvalue weighted by Crippen LogP contribution is 2.24. The van der Waals surface area contributed by atoms with E-state index in [-0.39, 0.29) is 22.3 Å². The highest BCUT2D eigenvalue weighted by molar-refractivity contribution is 7.98. The Kier molecular flexibility index (Phi) is 7.82. The van der Waals surface area contributed by atoms with Crippen LogP contribution < -0.4 is 10.6 Å². The van der Waals surface area contributed by atoms with Crippen molar-refractivity contribution in [2.45, 2.75) is 10.9 Å².